The van der Waals surface area contributed by atoms with E-state index in [1.807, 2.05) is 30.5 Å². The molecule has 1 aromatic carbocycles. The van der Waals surface area contributed by atoms with Gasteiger partial charge in [-0.05, 0) is 43.5 Å². The van der Waals surface area contributed by atoms with Crippen LogP contribution >= 0.6 is 0 Å². The molecule has 1 atom stereocenters. The number of methoxy groups -OCH3 is 1. The Morgan fingerprint density at radius 2 is 2.06 bits per heavy atom. The number of rotatable bonds is 7. The molecule has 0 bridgehead atoms. The summed E-state index contributed by atoms with van der Waals surface area (Å²) < 4.78 is 27.7. The molecule has 4 aromatic rings. The lowest BCUT2D eigenvalue weighted by Crippen LogP contribution is -2.53. The molecule has 2 fully saturated rings. The molecule has 2 saturated heterocycles. The zero-order valence-corrected chi connectivity index (χ0v) is 19.9. The van der Waals surface area contributed by atoms with Gasteiger partial charge >= 0.3 is 0 Å². The van der Waals surface area contributed by atoms with Gasteiger partial charge in [0.05, 0.1) is 37.9 Å². The molecule has 2 aliphatic rings. The summed E-state index contributed by atoms with van der Waals surface area (Å²) in [4.78, 5) is 7.20. The smallest absolute Gasteiger partial charge is 0.244 e. The largest absolute Gasteiger partial charge is 0.479 e. The second-order valence-electron chi connectivity index (χ2n) is 9.35. The van der Waals surface area contributed by atoms with Gasteiger partial charge in [-0.1, -0.05) is 11.3 Å². The molecule has 0 amide bonds. The van der Waals surface area contributed by atoms with Crippen LogP contribution in [-0.4, -0.2) is 86.7 Å². The van der Waals surface area contributed by atoms with Crippen molar-refractivity contribution in [1.82, 2.24) is 34.5 Å². The number of halogens is 1. The number of alkyl halides is 1. The second kappa shape index (κ2) is 9.04. The monoisotopic (exact) mass is 480 g/mol. The SMILES string of the molecule is COc1nc(NC2CCN(C3COC3)CC2)nn2ccc(-c3ccc4nnn([C@H](C)CF)c4c3)c12. The van der Waals surface area contributed by atoms with Gasteiger partial charge in [-0.2, -0.15) is 4.98 Å². The molecule has 0 aliphatic carbocycles. The maximum absolute atomic E-state index is 13.3. The van der Waals surface area contributed by atoms with E-state index < -0.39 is 6.67 Å². The van der Waals surface area contributed by atoms with Crippen LogP contribution in [0.2, 0.25) is 0 Å². The average Bonchev–Trinajstić information content (AvgIpc) is 3.47. The zero-order chi connectivity index (χ0) is 23.9. The fourth-order valence-electron chi connectivity index (χ4n) is 4.95. The van der Waals surface area contributed by atoms with Crippen LogP contribution in [0.15, 0.2) is 30.5 Å². The molecule has 0 unspecified atom stereocenters. The van der Waals surface area contributed by atoms with Gasteiger partial charge in [0.25, 0.3) is 0 Å². The van der Waals surface area contributed by atoms with Crippen molar-refractivity contribution >= 4 is 22.5 Å². The molecule has 6 rings (SSSR count). The first-order valence-corrected chi connectivity index (χ1v) is 12.1. The van der Waals surface area contributed by atoms with E-state index in [1.165, 1.54) is 0 Å². The molecular weight excluding hydrogens is 451 g/mol. The third-order valence-corrected chi connectivity index (χ3v) is 7.09. The van der Waals surface area contributed by atoms with E-state index in [-0.39, 0.29) is 6.04 Å². The quantitative estimate of drug-likeness (QED) is 0.432. The zero-order valence-electron chi connectivity index (χ0n) is 19.9. The van der Waals surface area contributed by atoms with Gasteiger partial charge in [0.15, 0.2) is 0 Å². The number of hydrogen-bond acceptors (Lipinski definition) is 8. The topological polar surface area (TPSA) is 94.6 Å². The highest BCUT2D eigenvalue weighted by molar-refractivity contribution is 5.89. The molecule has 184 valence electrons. The van der Waals surface area contributed by atoms with Crippen molar-refractivity contribution in [2.24, 2.45) is 0 Å². The van der Waals surface area contributed by atoms with Gasteiger partial charge in [-0.15, -0.1) is 10.2 Å². The first-order valence-electron chi connectivity index (χ1n) is 12.1. The van der Waals surface area contributed by atoms with Crippen LogP contribution in [0.3, 0.4) is 0 Å². The fourth-order valence-corrected chi connectivity index (χ4v) is 4.95. The van der Waals surface area contributed by atoms with Crippen molar-refractivity contribution in [2.45, 2.75) is 37.9 Å². The summed E-state index contributed by atoms with van der Waals surface area (Å²) in [6.07, 6.45) is 3.98. The van der Waals surface area contributed by atoms with Crippen molar-refractivity contribution < 1.29 is 13.9 Å². The van der Waals surface area contributed by atoms with Gasteiger partial charge in [0.2, 0.25) is 11.8 Å². The van der Waals surface area contributed by atoms with E-state index in [0.717, 1.165) is 66.8 Å². The molecule has 11 heteroatoms. The van der Waals surface area contributed by atoms with Crippen molar-refractivity contribution in [3.63, 3.8) is 0 Å². The number of likely N-dealkylation sites (tertiary alicyclic amines) is 1. The molecule has 35 heavy (non-hydrogen) atoms. The summed E-state index contributed by atoms with van der Waals surface area (Å²) in [7, 11) is 1.62. The number of nitrogens with zero attached hydrogens (tertiary/aromatic N) is 7. The average molecular weight is 481 g/mol. The summed E-state index contributed by atoms with van der Waals surface area (Å²) in [6.45, 7) is 5.08. The number of hydrogen-bond donors (Lipinski definition) is 1. The summed E-state index contributed by atoms with van der Waals surface area (Å²) in [5.41, 5.74) is 4.14. The van der Waals surface area contributed by atoms with Crippen molar-refractivity contribution in [2.75, 3.05) is 45.4 Å². The summed E-state index contributed by atoms with van der Waals surface area (Å²) in [5, 5.41) is 16.5. The van der Waals surface area contributed by atoms with Crippen molar-refractivity contribution in [3.8, 4) is 17.0 Å². The Balaban J connectivity index is 1.28. The third-order valence-electron chi connectivity index (χ3n) is 7.09. The van der Waals surface area contributed by atoms with Crippen molar-refractivity contribution in [1.29, 1.82) is 0 Å². The van der Waals surface area contributed by atoms with Gasteiger partial charge < -0.3 is 14.8 Å². The standard InChI is InChI=1S/C24H29FN8O2/c1-15(12-25)33-21-11-16(3-4-20(21)28-30-33)19-7-10-32-22(19)23(34-2)27-24(29-32)26-17-5-8-31(9-6-17)18-13-35-14-18/h3-4,7,10-11,15,17-18H,5-6,8-9,12-14H2,1-2H3,(H,26,29)/t15-/m1/s1. The van der Waals surface area contributed by atoms with Crippen LogP contribution in [0.25, 0.3) is 27.7 Å². The third kappa shape index (κ3) is 3.98. The molecule has 2 aliphatic heterocycles. The fraction of sp³-hybridized carbons (Fsp3) is 0.500. The molecule has 5 heterocycles. The van der Waals surface area contributed by atoms with E-state index in [4.69, 9.17) is 14.6 Å². The second-order valence-corrected chi connectivity index (χ2v) is 9.35. The Labute approximate surface area is 202 Å². The number of aromatic nitrogens is 6. The minimum atomic E-state index is -0.511. The number of benzene rings is 1. The molecule has 0 spiro atoms. The van der Waals surface area contributed by atoms with Crippen LogP contribution in [0.4, 0.5) is 10.3 Å². The Bertz CT molecular complexity index is 1340. The van der Waals surface area contributed by atoms with Crippen LogP contribution in [0, 0.1) is 0 Å². The van der Waals surface area contributed by atoms with Gasteiger partial charge in [-0.3, -0.25) is 4.90 Å². The molecule has 3 aromatic heterocycles. The molecule has 10 nitrogen and oxygen atoms in total. The van der Waals surface area contributed by atoms with Gasteiger partial charge in [0.1, 0.15) is 17.7 Å². The van der Waals surface area contributed by atoms with Crippen LogP contribution < -0.4 is 10.1 Å². The van der Waals surface area contributed by atoms with E-state index >= 15 is 0 Å². The lowest BCUT2D eigenvalue weighted by molar-refractivity contribution is -0.0705. The number of fused-ring (bicyclic) bond motifs is 2. The van der Waals surface area contributed by atoms with E-state index in [2.05, 4.69) is 25.5 Å². The highest BCUT2D eigenvalue weighted by atomic mass is 19.1. The van der Waals surface area contributed by atoms with Crippen LogP contribution in [0.1, 0.15) is 25.8 Å². The normalized spacial score (nSPS) is 18.7. The molecular formula is C24H29FN8O2. The highest BCUT2D eigenvalue weighted by Gasteiger charge is 2.30. The molecule has 0 saturated carbocycles. The number of ether oxygens (including phenoxy) is 2. The minimum Gasteiger partial charge on any atom is -0.479 e. The number of anilines is 1. The first kappa shape index (κ1) is 22.2. The molecule has 1 N–H and O–H groups in total. The minimum absolute atomic E-state index is 0.317. The number of piperidine rings is 1. The maximum atomic E-state index is 13.3. The van der Waals surface area contributed by atoms with Gasteiger partial charge in [-0.25, -0.2) is 13.6 Å². The lowest BCUT2D eigenvalue weighted by Gasteiger charge is -2.41. The predicted octanol–water partition coefficient (Wildman–Crippen LogP) is 2.96. The summed E-state index contributed by atoms with van der Waals surface area (Å²) in [6, 6.07) is 8.35. The Hall–Kier alpha value is -3.31. The Kier molecular flexibility index (Phi) is 5.73. The van der Waals surface area contributed by atoms with E-state index in [9.17, 15) is 4.39 Å². The Morgan fingerprint density at radius 1 is 1.23 bits per heavy atom. The Morgan fingerprint density at radius 3 is 2.77 bits per heavy atom. The summed E-state index contributed by atoms with van der Waals surface area (Å²) >= 11 is 0. The van der Waals surface area contributed by atoms with Crippen LogP contribution in [0.5, 0.6) is 5.88 Å². The first-order chi connectivity index (χ1) is 17.1. The van der Waals surface area contributed by atoms with E-state index in [1.54, 1.807) is 23.2 Å². The summed E-state index contributed by atoms with van der Waals surface area (Å²) in [5.74, 6) is 1.05. The predicted molar refractivity (Wildman–Crippen MR) is 130 cm³/mol. The lowest BCUT2D eigenvalue weighted by atomic mass is 10.0. The van der Waals surface area contributed by atoms with Crippen molar-refractivity contribution in [3.05, 3.63) is 30.5 Å². The molecule has 0 radical (unpaired) electrons. The number of nitrogens with one attached hydrogen (secondary N) is 1. The highest BCUT2D eigenvalue weighted by Crippen LogP contribution is 2.33. The van der Waals surface area contributed by atoms with Gasteiger partial charge in [0, 0.05) is 30.9 Å². The van der Waals surface area contributed by atoms with E-state index in [0.29, 0.717) is 23.9 Å². The maximum Gasteiger partial charge on any atom is 0.244 e. The van der Waals surface area contributed by atoms with Crippen LogP contribution in [-0.2, 0) is 4.74 Å².